The van der Waals surface area contributed by atoms with Crippen LogP contribution in [0.15, 0.2) is 32.7 Å². The summed E-state index contributed by atoms with van der Waals surface area (Å²) in [7, 11) is 0. The van der Waals surface area contributed by atoms with Gasteiger partial charge in [0.25, 0.3) is 5.91 Å². The Bertz CT molecular complexity index is 589. The van der Waals surface area contributed by atoms with Gasteiger partial charge in [0.05, 0.1) is 10.3 Å². The molecular formula is C13H14Br2N2OS. The highest BCUT2D eigenvalue weighted by atomic mass is 79.9. The largest absolute Gasteiger partial charge is 0.346 e. The molecule has 0 unspecified atom stereocenters. The van der Waals surface area contributed by atoms with Gasteiger partial charge >= 0.3 is 0 Å². The average Bonchev–Trinajstić information content (AvgIpc) is 2.92. The molecule has 3 nitrogen and oxygen atoms in total. The van der Waals surface area contributed by atoms with Crippen molar-refractivity contribution in [1.82, 2.24) is 9.88 Å². The first-order valence-corrected chi connectivity index (χ1v) is 8.27. The number of nitrogens with one attached hydrogen (secondary N) is 1. The van der Waals surface area contributed by atoms with Crippen LogP contribution in [0.2, 0.25) is 0 Å². The number of aromatic nitrogens is 1. The maximum atomic E-state index is 12.2. The van der Waals surface area contributed by atoms with E-state index in [9.17, 15) is 4.79 Å². The lowest BCUT2D eigenvalue weighted by atomic mass is 10.3. The maximum absolute atomic E-state index is 12.2. The van der Waals surface area contributed by atoms with Crippen LogP contribution < -0.4 is 5.32 Å². The first-order valence-electron chi connectivity index (χ1n) is 5.87. The first kappa shape index (κ1) is 14.8. The van der Waals surface area contributed by atoms with Gasteiger partial charge in [0.1, 0.15) is 5.69 Å². The smallest absolute Gasteiger partial charge is 0.268 e. The van der Waals surface area contributed by atoms with Gasteiger partial charge in [-0.05, 0) is 63.9 Å². The van der Waals surface area contributed by atoms with Gasteiger partial charge in [-0.1, -0.05) is 0 Å². The number of hydrogen-bond donors (Lipinski definition) is 1. The molecule has 6 heteroatoms. The van der Waals surface area contributed by atoms with Crippen LogP contribution in [0.3, 0.4) is 0 Å². The van der Waals surface area contributed by atoms with E-state index < -0.39 is 0 Å². The zero-order chi connectivity index (χ0) is 14.0. The topological polar surface area (TPSA) is 34.0 Å². The number of carbonyl (C=O) groups is 1. The van der Waals surface area contributed by atoms with Gasteiger partial charge < -0.3 is 9.88 Å². The molecule has 0 fully saturated rings. The molecule has 0 bridgehead atoms. The molecule has 0 aromatic carbocycles. The van der Waals surface area contributed by atoms with Crippen molar-refractivity contribution in [2.45, 2.75) is 26.4 Å². The molecule has 0 aliphatic carbocycles. The van der Waals surface area contributed by atoms with Crippen molar-refractivity contribution in [3.8, 4) is 0 Å². The molecule has 0 aliphatic rings. The molecule has 0 aliphatic heterocycles. The minimum Gasteiger partial charge on any atom is -0.346 e. The molecule has 2 rings (SSSR count). The highest BCUT2D eigenvalue weighted by Gasteiger charge is 2.14. The van der Waals surface area contributed by atoms with Crippen molar-refractivity contribution >= 4 is 49.1 Å². The number of amides is 1. The number of hydrogen-bond acceptors (Lipinski definition) is 2. The molecule has 0 saturated carbocycles. The predicted octanol–water partition coefficient (Wildman–Crippen LogP) is 4.59. The predicted molar refractivity (Wildman–Crippen MR) is 85.7 cm³/mol. The van der Waals surface area contributed by atoms with Gasteiger partial charge in [0.15, 0.2) is 0 Å². The fourth-order valence-electron chi connectivity index (χ4n) is 1.76. The highest BCUT2D eigenvalue weighted by Crippen LogP contribution is 2.22. The fraction of sp³-hybridized carbons (Fsp3) is 0.308. The lowest BCUT2D eigenvalue weighted by molar-refractivity contribution is 0.0940. The monoisotopic (exact) mass is 404 g/mol. The third kappa shape index (κ3) is 3.70. The fourth-order valence-corrected chi connectivity index (χ4v) is 3.62. The molecule has 0 atom stereocenters. The molecule has 0 spiro atoms. The third-order valence-corrected chi connectivity index (χ3v) is 4.71. The third-order valence-electron chi connectivity index (χ3n) is 2.66. The Hall–Kier alpha value is -0.590. The summed E-state index contributed by atoms with van der Waals surface area (Å²) in [5.74, 6) is -0.0519. The van der Waals surface area contributed by atoms with E-state index in [2.05, 4.69) is 51.0 Å². The summed E-state index contributed by atoms with van der Waals surface area (Å²) in [6.45, 7) is 4.66. The van der Waals surface area contributed by atoms with Crippen LogP contribution >= 0.6 is 43.2 Å². The van der Waals surface area contributed by atoms with E-state index in [1.807, 2.05) is 29.0 Å². The second kappa shape index (κ2) is 6.24. The summed E-state index contributed by atoms with van der Waals surface area (Å²) in [6.07, 6.45) is 1.93. The van der Waals surface area contributed by atoms with E-state index in [1.54, 1.807) is 11.3 Å². The molecule has 102 valence electrons. The number of thiophene rings is 1. The van der Waals surface area contributed by atoms with E-state index in [4.69, 9.17) is 0 Å². The van der Waals surface area contributed by atoms with Crippen molar-refractivity contribution in [3.05, 3.63) is 43.2 Å². The van der Waals surface area contributed by atoms with Crippen molar-refractivity contribution in [2.75, 3.05) is 0 Å². The molecule has 2 heterocycles. The summed E-state index contributed by atoms with van der Waals surface area (Å²) in [6, 6.07) is 6.09. The maximum Gasteiger partial charge on any atom is 0.268 e. The van der Waals surface area contributed by atoms with Gasteiger partial charge in [-0.25, -0.2) is 0 Å². The number of carbonyl (C=O) groups excluding carboxylic acids is 1. The standard InChI is InChI=1S/C13H14Br2N2OS/c1-8(2)17-7-9(14)5-11(17)13(18)16-6-10-3-4-12(15)19-10/h3-5,7-8H,6H2,1-2H3,(H,16,18). The number of rotatable bonds is 4. The molecule has 0 radical (unpaired) electrons. The minimum atomic E-state index is -0.0519. The zero-order valence-corrected chi connectivity index (χ0v) is 14.6. The van der Waals surface area contributed by atoms with E-state index in [0.29, 0.717) is 12.2 Å². The van der Waals surface area contributed by atoms with Gasteiger partial charge in [-0.2, -0.15) is 0 Å². The van der Waals surface area contributed by atoms with Crippen LogP contribution in [0.25, 0.3) is 0 Å². The van der Waals surface area contributed by atoms with Crippen molar-refractivity contribution < 1.29 is 4.79 Å². The normalized spacial score (nSPS) is 11.0. The Morgan fingerprint density at radius 1 is 1.42 bits per heavy atom. The van der Waals surface area contributed by atoms with Gasteiger partial charge in [-0.3, -0.25) is 4.79 Å². The Labute approximate surface area is 133 Å². The van der Waals surface area contributed by atoms with E-state index in [0.717, 1.165) is 13.1 Å². The number of halogens is 2. The van der Waals surface area contributed by atoms with Crippen LogP contribution in [0.1, 0.15) is 35.3 Å². The van der Waals surface area contributed by atoms with E-state index >= 15 is 0 Å². The summed E-state index contributed by atoms with van der Waals surface area (Å²) in [5.41, 5.74) is 0.678. The van der Waals surface area contributed by atoms with Crippen molar-refractivity contribution in [1.29, 1.82) is 0 Å². The molecule has 0 saturated heterocycles. The second-order valence-electron chi connectivity index (χ2n) is 4.43. The summed E-state index contributed by atoms with van der Waals surface area (Å²) >= 11 is 8.45. The Morgan fingerprint density at radius 2 is 2.16 bits per heavy atom. The highest BCUT2D eigenvalue weighted by molar-refractivity contribution is 9.11. The van der Waals surface area contributed by atoms with Crippen LogP contribution in [0, 0.1) is 0 Å². The Morgan fingerprint density at radius 3 is 2.74 bits per heavy atom. The van der Waals surface area contributed by atoms with Crippen molar-refractivity contribution in [3.63, 3.8) is 0 Å². The van der Waals surface area contributed by atoms with Crippen LogP contribution in [0.5, 0.6) is 0 Å². The molecular weight excluding hydrogens is 392 g/mol. The quantitative estimate of drug-likeness (QED) is 0.793. The van der Waals surface area contributed by atoms with Crippen LogP contribution in [0.4, 0.5) is 0 Å². The van der Waals surface area contributed by atoms with Crippen LogP contribution in [-0.2, 0) is 6.54 Å². The Balaban J connectivity index is 2.07. The lowest BCUT2D eigenvalue weighted by Crippen LogP contribution is -2.25. The first-order chi connectivity index (χ1) is 8.97. The number of nitrogens with zero attached hydrogens (tertiary/aromatic N) is 1. The van der Waals surface area contributed by atoms with Gasteiger partial charge in [0, 0.05) is 21.6 Å². The summed E-state index contributed by atoms with van der Waals surface area (Å²) in [4.78, 5) is 13.3. The lowest BCUT2D eigenvalue weighted by Gasteiger charge is -2.12. The summed E-state index contributed by atoms with van der Waals surface area (Å²) in [5, 5.41) is 2.95. The van der Waals surface area contributed by atoms with E-state index in [1.165, 1.54) is 0 Å². The molecule has 2 aromatic heterocycles. The molecule has 1 N–H and O–H groups in total. The SMILES string of the molecule is CC(C)n1cc(Br)cc1C(=O)NCc1ccc(Br)s1. The Kier molecular flexibility index (Phi) is 4.86. The van der Waals surface area contributed by atoms with E-state index in [-0.39, 0.29) is 11.9 Å². The molecule has 1 amide bonds. The zero-order valence-electron chi connectivity index (χ0n) is 10.6. The second-order valence-corrected chi connectivity index (χ2v) is 7.90. The van der Waals surface area contributed by atoms with Crippen molar-refractivity contribution in [2.24, 2.45) is 0 Å². The average molecular weight is 406 g/mol. The van der Waals surface area contributed by atoms with Crippen LogP contribution in [-0.4, -0.2) is 10.5 Å². The summed E-state index contributed by atoms with van der Waals surface area (Å²) < 4.78 is 3.96. The molecule has 2 aromatic rings. The molecule has 19 heavy (non-hydrogen) atoms. The van der Waals surface area contributed by atoms with Gasteiger partial charge in [-0.15, -0.1) is 11.3 Å². The minimum absolute atomic E-state index is 0.0519. The van der Waals surface area contributed by atoms with Gasteiger partial charge in [0.2, 0.25) is 0 Å².